The van der Waals surface area contributed by atoms with E-state index in [-0.39, 0.29) is 28.8 Å². The van der Waals surface area contributed by atoms with Crippen LogP contribution in [0.25, 0.3) is 0 Å². The fourth-order valence-electron chi connectivity index (χ4n) is 3.30. The number of hydrogen-bond acceptors (Lipinski definition) is 6. The van der Waals surface area contributed by atoms with Crippen molar-refractivity contribution >= 4 is 21.6 Å². The number of alkyl halides is 2. The lowest BCUT2D eigenvalue weighted by Gasteiger charge is -2.30. The van der Waals surface area contributed by atoms with Crippen LogP contribution < -0.4 is 14.8 Å². The van der Waals surface area contributed by atoms with E-state index < -0.39 is 28.1 Å². The topological polar surface area (TPSA) is 103 Å². The second-order valence-electron chi connectivity index (χ2n) is 6.90. The molecule has 2 aromatic rings. The van der Waals surface area contributed by atoms with Gasteiger partial charge in [0.25, 0.3) is 10.0 Å². The molecule has 29 heavy (non-hydrogen) atoms. The van der Waals surface area contributed by atoms with Gasteiger partial charge in [0.05, 0.1) is 12.2 Å². The van der Waals surface area contributed by atoms with E-state index in [0.29, 0.717) is 19.4 Å². The molecule has 0 spiro atoms. The number of hydrogen-bond donors (Lipinski definition) is 1. The normalized spacial score (nSPS) is 21.1. The van der Waals surface area contributed by atoms with Gasteiger partial charge in [-0.1, -0.05) is 0 Å². The van der Waals surface area contributed by atoms with Crippen LogP contribution in [0.1, 0.15) is 12.8 Å². The number of rotatable bonds is 4. The first-order valence-corrected chi connectivity index (χ1v) is 10.3. The van der Waals surface area contributed by atoms with Crippen molar-refractivity contribution in [3.63, 3.8) is 0 Å². The molecule has 1 amide bonds. The Balaban J connectivity index is 1.45. The average molecular weight is 428 g/mol. The van der Waals surface area contributed by atoms with Crippen LogP contribution in [0.5, 0.6) is 11.5 Å². The van der Waals surface area contributed by atoms with E-state index in [4.69, 9.17) is 0 Å². The number of amides is 1. The molecule has 1 N–H and O–H groups in total. The second-order valence-corrected chi connectivity index (χ2v) is 8.78. The number of carbonyl (C=O) groups is 1. The molecule has 1 aromatic heterocycles. The number of aryl methyl sites for hydroxylation is 1. The van der Waals surface area contributed by atoms with Crippen molar-refractivity contribution in [3.05, 3.63) is 30.7 Å². The highest BCUT2D eigenvalue weighted by Gasteiger charge is 2.43. The molecule has 0 bridgehead atoms. The minimum atomic E-state index is -3.80. The number of carbonyl (C=O) groups excluding carboxylic acids is 1. The summed E-state index contributed by atoms with van der Waals surface area (Å²) in [5.74, 6) is -1.31. The standard InChI is InChI=1S/C17H18F2N4O5S/c1-22-9-15(20-10-22)29(25,26)23-6-2-3-11(8-23)16(24)21-12-4-5-13-14(7-12)28-17(18,19)27-13/h4-5,7,9-11H,2-3,6,8H2,1H3,(H,21,24)/t11-/m1/s1. The maximum Gasteiger partial charge on any atom is 0.586 e. The molecule has 12 heteroatoms. The van der Waals surface area contributed by atoms with Crippen molar-refractivity contribution in [3.8, 4) is 11.5 Å². The molecular weight excluding hydrogens is 410 g/mol. The van der Waals surface area contributed by atoms with Gasteiger partial charge in [0.15, 0.2) is 16.5 Å². The Morgan fingerprint density at radius 2 is 2.07 bits per heavy atom. The van der Waals surface area contributed by atoms with Gasteiger partial charge >= 0.3 is 6.29 Å². The summed E-state index contributed by atoms with van der Waals surface area (Å²) in [5.41, 5.74) is 0.250. The van der Waals surface area contributed by atoms with Crippen LogP contribution in [0.15, 0.2) is 35.7 Å². The highest BCUT2D eigenvalue weighted by atomic mass is 32.2. The van der Waals surface area contributed by atoms with Gasteiger partial charge in [-0.25, -0.2) is 13.4 Å². The molecular formula is C17H18F2N4O5S. The third kappa shape index (κ3) is 3.90. The van der Waals surface area contributed by atoms with Crippen LogP contribution in [0.2, 0.25) is 0 Å². The van der Waals surface area contributed by atoms with Gasteiger partial charge in [-0.2, -0.15) is 4.31 Å². The molecule has 1 saturated heterocycles. The van der Waals surface area contributed by atoms with Gasteiger partial charge in [-0.05, 0) is 25.0 Å². The Hall–Kier alpha value is -2.73. The van der Waals surface area contributed by atoms with Crippen molar-refractivity contribution in [2.24, 2.45) is 13.0 Å². The number of aromatic nitrogens is 2. The van der Waals surface area contributed by atoms with Gasteiger partial charge in [0.1, 0.15) is 0 Å². The van der Waals surface area contributed by atoms with Gasteiger partial charge in [0, 0.05) is 38.1 Å². The molecule has 0 aliphatic carbocycles. The molecule has 2 aliphatic rings. The number of anilines is 1. The van der Waals surface area contributed by atoms with Gasteiger partial charge < -0.3 is 19.4 Å². The first-order valence-electron chi connectivity index (χ1n) is 8.83. The molecule has 0 saturated carbocycles. The number of nitrogens with one attached hydrogen (secondary N) is 1. The monoisotopic (exact) mass is 428 g/mol. The van der Waals surface area contributed by atoms with E-state index in [0.717, 1.165) is 0 Å². The van der Waals surface area contributed by atoms with E-state index >= 15 is 0 Å². The zero-order valence-corrected chi connectivity index (χ0v) is 16.2. The smallest absolute Gasteiger partial charge is 0.395 e. The number of nitrogens with zero attached hydrogens (tertiary/aromatic N) is 3. The molecule has 0 radical (unpaired) electrons. The van der Waals surface area contributed by atoms with Crippen LogP contribution in [0, 0.1) is 5.92 Å². The van der Waals surface area contributed by atoms with Gasteiger partial charge in [0.2, 0.25) is 5.91 Å². The van der Waals surface area contributed by atoms with Crippen LogP contribution in [-0.2, 0) is 21.9 Å². The number of sulfonamides is 1. The zero-order valence-electron chi connectivity index (χ0n) is 15.3. The lowest BCUT2D eigenvalue weighted by atomic mass is 9.98. The van der Waals surface area contributed by atoms with Crippen LogP contribution in [0.3, 0.4) is 0 Å². The maximum absolute atomic E-state index is 13.1. The highest BCUT2D eigenvalue weighted by Crippen LogP contribution is 2.42. The van der Waals surface area contributed by atoms with E-state index in [1.807, 2.05) is 0 Å². The predicted molar refractivity (Wildman–Crippen MR) is 96.0 cm³/mol. The third-order valence-corrected chi connectivity index (χ3v) is 6.46. The molecule has 3 heterocycles. The fraction of sp³-hybridized carbons (Fsp3) is 0.412. The minimum absolute atomic E-state index is 0.00731. The molecule has 2 aliphatic heterocycles. The number of ether oxygens (including phenoxy) is 2. The Bertz CT molecular complexity index is 1060. The summed E-state index contributed by atoms with van der Waals surface area (Å²) in [7, 11) is -2.13. The molecule has 1 atom stereocenters. The summed E-state index contributed by atoms with van der Waals surface area (Å²) in [4.78, 5) is 16.5. The Labute approximate surface area is 165 Å². The zero-order chi connectivity index (χ0) is 20.8. The fourth-order valence-corrected chi connectivity index (χ4v) is 4.79. The summed E-state index contributed by atoms with van der Waals surface area (Å²) in [6, 6.07) is 3.91. The summed E-state index contributed by atoms with van der Waals surface area (Å²) >= 11 is 0. The number of fused-ring (bicyclic) bond motifs is 1. The first kappa shape index (κ1) is 19.6. The van der Waals surface area contributed by atoms with E-state index in [1.54, 1.807) is 7.05 Å². The maximum atomic E-state index is 13.1. The number of imidazole rings is 1. The molecule has 9 nitrogen and oxygen atoms in total. The SMILES string of the molecule is Cn1cnc(S(=O)(=O)N2CCC[C@@H](C(=O)Nc3ccc4c(c3)OC(F)(F)O4)C2)c1. The summed E-state index contributed by atoms with van der Waals surface area (Å²) in [6.07, 6.45) is 0.0699. The average Bonchev–Trinajstić information content (AvgIpc) is 3.23. The summed E-state index contributed by atoms with van der Waals surface area (Å²) in [6.45, 7) is 0.301. The largest absolute Gasteiger partial charge is 0.586 e. The van der Waals surface area contributed by atoms with E-state index in [9.17, 15) is 22.0 Å². The Morgan fingerprint density at radius 3 is 2.79 bits per heavy atom. The highest BCUT2D eigenvalue weighted by molar-refractivity contribution is 7.89. The van der Waals surface area contributed by atoms with Crippen molar-refractivity contribution < 1.29 is 31.5 Å². The molecule has 156 valence electrons. The summed E-state index contributed by atoms with van der Waals surface area (Å²) < 4.78 is 63.2. The second kappa shape index (κ2) is 6.95. The Kier molecular flexibility index (Phi) is 4.69. The van der Waals surface area contributed by atoms with Gasteiger partial charge in [-0.3, -0.25) is 4.79 Å². The van der Waals surface area contributed by atoms with Crippen LogP contribution in [-0.4, -0.2) is 47.6 Å². The van der Waals surface area contributed by atoms with Crippen molar-refractivity contribution in [1.29, 1.82) is 0 Å². The molecule has 4 rings (SSSR count). The van der Waals surface area contributed by atoms with Crippen molar-refractivity contribution in [2.45, 2.75) is 24.2 Å². The van der Waals surface area contributed by atoms with Crippen LogP contribution in [0.4, 0.5) is 14.5 Å². The quantitative estimate of drug-likeness (QED) is 0.797. The van der Waals surface area contributed by atoms with E-state index in [1.165, 1.54) is 39.6 Å². The minimum Gasteiger partial charge on any atom is -0.395 e. The first-order chi connectivity index (χ1) is 13.6. The Morgan fingerprint density at radius 1 is 1.31 bits per heavy atom. The molecule has 1 aromatic carbocycles. The molecule has 0 unspecified atom stereocenters. The van der Waals surface area contributed by atoms with Crippen molar-refractivity contribution in [1.82, 2.24) is 13.9 Å². The lowest BCUT2D eigenvalue weighted by molar-refractivity contribution is -0.286. The summed E-state index contributed by atoms with van der Waals surface area (Å²) in [5, 5.41) is 2.55. The third-order valence-electron chi connectivity index (χ3n) is 4.71. The lowest BCUT2D eigenvalue weighted by Crippen LogP contribution is -2.43. The number of benzene rings is 1. The number of halogens is 2. The predicted octanol–water partition coefficient (Wildman–Crippen LogP) is 1.78. The molecule has 1 fully saturated rings. The van der Waals surface area contributed by atoms with Gasteiger partial charge in [-0.15, -0.1) is 8.78 Å². The number of piperidine rings is 1. The van der Waals surface area contributed by atoms with Crippen molar-refractivity contribution in [2.75, 3.05) is 18.4 Å². The van der Waals surface area contributed by atoms with E-state index in [2.05, 4.69) is 19.8 Å². The van der Waals surface area contributed by atoms with Crippen LogP contribution >= 0.6 is 0 Å².